The van der Waals surface area contributed by atoms with Gasteiger partial charge in [-0.1, -0.05) is 17.7 Å². The van der Waals surface area contributed by atoms with E-state index >= 15 is 0 Å². The third kappa shape index (κ3) is 3.33. The minimum Gasteiger partial charge on any atom is -0.392 e. The topological polar surface area (TPSA) is 50.9 Å². The second-order valence-electron chi connectivity index (χ2n) is 4.59. The summed E-state index contributed by atoms with van der Waals surface area (Å²) in [5.41, 5.74) is 2.73. The molecule has 0 saturated carbocycles. The highest BCUT2D eigenvalue weighted by molar-refractivity contribution is 6.31. The van der Waals surface area contributed by atoms with Crippen LogP contribution in [0.25, 0.3) is 0 Å². The first kappa shape index (κ1) is 14.0. The molecule has 0 amide bonds. The number of pyridine rings is 1. The van der Waals surface area contributed by atoms with Crippen LogP contribution in [-0.4, -0.2) is 26.0 Å². The van der Waals surface area contributed by atoms with Crippen molar-refractivity contribution in [2.75, 3.05) is 0 Å². The lowest BCUT2D eigenvalue weighted by Gasteiger charge is -2.12. The summed E-state index contributed by atoms with van der Waals surface area (Å²) in [6, 6.07) is 3.83. The van der Waals surface area contributed by atoms with E-state index in [2.05, 4.69) is 10.1 Å². The molecule has 1 atom stereocenters. The van der Waals surface area contributed by atoms with E-state index < -0.39 is 6.10 Å². The van der Waals surface area contributed by atoms with Crippen LogP contribution in [0.2, 0.25) is 5.02 Å². The molecule has 102 valence electrons. The fourth-order valence-corrected chi connectivity index (χ4v) is 2.36. The van der Waals surface area contributed by atoms with E-state index in [-0.39, 0.29) is 0 Å². The van der Waals surface area contributed by atoms with Crippen molar-refractivity contribution in [1.29, 1.82) is 0 Å². The maximum Gasteiger partial charge on any atom is 0.0848 e. The molecule has 2 aromatic rings. The lowest BCUT2D eigenvalue weighted by molar-refractivity contribution is 0.172. The molecule has 2 aromatic heterocycles. The molecular weight excluding hydrogens is 262 g/mol. The zero-order chi connectivity index (χ0) is 13.8. The van der Waals surface area contributed by atoms with E-state index in [1.165, 1.54) is 0 Å². The number of hydrogen-bond donors (Lipinski definition) is 1. The quantitative estimate of drug-likeness (QED) is 0.914. The SMILES string of the molecule is CCn1nc(C)c(Cl)c1CC(O)Cc1cccnc1. The summed E-state index contributed by atoms with van der Waals surface area (Å²) in [5, 5.41) is 15.2. The zero-order valence-electron chi connectivity index (χ0n) is 11.2. The number of aliphatic hydroxyl groups excluding tert-OH is 1. The number of aromatic nitrogens is 3. The molecule has 5 heteroatoms. The summed E-state index contributed by atoms with van der Waals surface area (Å²) in [6.07, 6.45) is 4.08. The molecule has 0 aliphatic carbocycles. The Hall–Kier alpha value is -1.39. The average molecular weight is 280 g/mol. The van der Waals surface area contributed by atoms with Gasteiger partial charge in [0, 0.05) is 31.8 Å². The Kier molecular flexibility index (Phi) is 4.56. The fraction of sp³-hybridized carbons (Fsp3) is 0.429. The molecule has 0 fully saturated rings. The predicted octanol–water partition coefficient (Wildman–Crippen LogP) is 2.41. The number of aryl methyl sites for hydroxylation is 2. The molecular formula is C14H18ClN3O. The van der Waals surface area contributed by atoms with Crippen LogP contribution < -0.4 is 0 Å². The monoisotopic (exact) mass is 279 g/mol. The van der Waals surface area contributed by atoms with Crippen molar-refractivity contribution < 1.29 is 5.11 Å². The van der Waals surface area contributed by atoms with E-state index in [1.54, 1.807) is 12.4 Å². The molecule has 0 radical (unpaired) electrons. The van der Waals surface area contributed by atoms with Gasteiger partial charge in [-0.2, -0.15) is 5.10 Å². The van der Waals surface area contributed by atoms with Gasteiger partial charge in [0.1, 0.15) is 0 Å². The maximum atomic E-state index is 10.2. The average Bonchev–Trinajstić information content (AvgIpc) is 2.67. The van der Waals surface area contributed by atoms with Gasteiger partial charge >= 0.3 is 0 Å². The third-order valence-corrected chi connectivity index (χ3v) is 3.57. The molecule has 0 aliphatic heterocycles. The minimum absolute atomic E-state index is 0.483. The van der Waals surface area contributed by atoms with Gasteiger partial charge in [-0.15, -0.1) is 0 Å². The number of aliphatic hydroxyl groups is 1. The molecule has 0 bridgehead atoms. The molecule has 0 saturated heterocycles. The van der Waals surface area contributed by atoms with Gasteiger partial charge in [-0.3, -0.25) is 9.67 Å². The second-order valence-corrected chi connectivity index (χ2v) is 4.96. The van der Waals surface area contributed by atoms with Crippen molar-refractivity contribution in [3.63, 3.8) is 0 Å². The molecule has 1 unspecified atom stereocenters. The normalized spacial score (nSPS) is 12.6. The number of halogens is 1. The fourth-order valence-electron chi connectivity index (χ4n) is 2.15. The van der Waals surface area contributed by atoms with Gasteiger partial charge in [0.2, 0.25) is 0 Å². The number of hydrogen-bond acceptors (Lipinski definition) is 3. The second kappa shape index (κ2) is 6.17. The van der Waals surface area contributed by atoms with Crippen molar-refractivity contribution in [3.8, 4) is 0 Å². The van der Waals surface area contributed by atoms with Crippen LogP contribution in [0.5, 0.6) is 0 Å². The third-order valence-electron chi connectivity index (χ3n) is 3.08. The number of nitrogens with zero attached hydrogens (tertiary/aromatic N) is 3. The highest BCUT2D eigenvalue weighted by Crippen LogP contribution is 2.22. The lowest BCUT2D eigenvalue weighted by atomic mass is 10.1. The molecule has 0 aliphatic rings. The summed E-state index contributed by atoms with van der Waals surface area (Å²) < 4.78 is 1.85. The van der Waals surface area contributed by atoms with Crippen LogP contribution in [0.1, 0.15) is 23.9 Å². The first-order chi connectivity index (χ1) is 9.11. The summed E-state index contributed by atoms with van der Waals surface area (Å²) in [6.45, 7) is 4.65. The van der Waals surface area contributed by atoms with Crippen LogP contribution in [0.4, 0.5) is 0 Å². The predicted molar refractivity (Wildman–Crippen MR) is 75.3 cm³/mol. The molecule has 0 spiro atoms. The van der Waals surface area contributed by atoms with E-state index in [9.17, 15) is 5.11 Å². The van der Waals surface area contributed by atoms with E-state index in [1.807, 2.05) is 30.7 Å². The highest BCUT2D eigenvalue weighted by atomic mass is 35.5. The molecule has 4 nitrogen and oxygen atoms in total. The smallest absolute Gasteiger partial charge is 0.0848 e. The van der Waals surface area contributed by atoms with E-state index in [4.69, 9.17) is 11.6 Å². The number of rotatable bonds is 5. The van der Waals surface area contributed by atoms with Crippen LogP contribution in [-0.2, 0) is 19.4 Å². The Morgan fingerprint density at radius 1 is 1.42 bits per heavy atom. The van der Waals surface area contributed by atoms with Crippen molar-refractivity contribution in [2.24, 2.45) is 0 Å². The van der Waals surface area contributed by atoms with Gasteiger partial charge < -0.3 is 5.11 Å². The standard InChI is InChI=1S/C14H18ClN3O/c1-3-18-13(14(15)10(2)17-18)8-12(19)7-11-5-4-6-16-9-11/h4-6,9,12,19H,3,7-8H2,1-2H3. The Balaban J connectivity index is 2.09. The molecule has 19 heavy (non-hydrogen) atoms. The van der Waals surface area contributed by atoms with Crippen molar-refractivity contribution in [3.05, 3.63) is 46.5 Å². The first-order valence-electron chi connectivity index (χ1n) is 6.40. The van der Waals surface area contributed by atoms with Crippen molar-refractivity contribution in [2.45, 2.75) is 39.3 Å². The van der Waals surface area contributed by atoms with Gasteiger partial charge in [0.05, 0.1) is 22.5 Å². The van der Waals surface area contributed by atoms with Crippen LogP contribution >= 0.6 is 11.6 Å². The first-order valence-corrected chi connectivity index (χ1v) is 6.78. The van der Waals surface area contributed by atoms with Crippen LogP contribution in [0, 0.1) is 6.92 Å². The summed E-state index contributed by atoms with van der Waals surface area (Å²) in [4.78, 5) is 4.05. The van der Waals surface area contributed by atoms with E-state index in [0.717, 1.165) is 23.5 Å². The molecule has 2 heterocycles. The van der Waals surface area contributed by atoms with Crippen LogP contribution in [0.3, 0.4) is 0 Å². The van der Waals surface area contributed by atoms with Gasteiger partial charge in [-0.25, -0.2) is 0 Å². The Morgan fingerprint density at radius 2 is 2.21 bits per heavy atom. The van der Waals surface area contributed by atoms with Crippen LogP contribution in [0.15, 0.2) is 24.5 Å². The Bertz CT molecular complexity index is 539. The van der Waals surface area contributed by atoms with Crippen molar-refractivity contribution in [1.82, 2.24) is 14.8 Å². The summed E-state index contributed by atoms with van der Waals surface area (Å²) in [5.74, 6) is 0. The van der Waals surface area contributed by atoms with Gasteiger partial charge in [0.15, 0.2) is 0 Å². The highest BCUT2D eigenvalue weighted by Gasteiger charge is 2.16. The summed E-state index contributed by atoms with van der Waals surface area (Å²) >= 11 is 6.23. The molecule has 1 N–H and O–H groups in total. The molecule has 0 aromatic carbocycles. The van der Waals surface area contributed by atoms with Crippen molar-refractivity contribution >= 4 is 11.6 Å². The lowest BCUT2D eigenvalue weighted by Crippen LogP contribution is -2.17. The largest absolute Gasteiger partial charge is 0.392 e. The Labute approximate surface area is 118 Å². The van der Waals surface area contributed by atoms with E-state index in [0.29, 0.717) is 17.9 Å². The minimum atomic E-state index is -0.483. The van der Waals surface area contributed by atoms with Gasteiger partial charge in [0.25, 0.3) is 0 Å². The maximum absolute atomic E-state index is 10.2. The molecule has 2 rings (SSSR count). The Morgan fingerprint density at radius 3 is 2.84 bits per heavy atom. The zero-order valence-corrected chi connectivity index (χ0v) is 11.9. The van der Waals surface area contributed by atoms with Gasteiger partial charge in [-0.05, 0) is 25.5 Å². The summed E-state index contributed by atoms with van der Waals surface area (Å²) in [7, 11) is 0.